The number of hydrogen-bond donors (Lipinski definition) is 0. The van der Waals surface area contributed by atoms with Crippen LogP contribution in [-0.2, 0) is 4.79 Å². The van der Waals surface area contributed by atoms with Crippen LogP contribution in [0.25, 0.3) is 6.08 Å². The number of amides is 1. The molecular formula is C16H15NO2. The van der Waals surface area contributed by atoms with Crippen LogP contribution in [-0.4, -0.2) is 5.91 Å². The molecule has 2 rings (SSSR count). The minimum atomic E-state index is -0.720. The molecule has 0 heterocycles. The van der Waals surface area contributed by atoms with Gasteiger partial charge >= 0.3 is 5.91 Å². The van der Waals surface area contributed by atoms with E-state index >= 15 is 0 Å². The average molecular weight is 253 g/mol. The molecule has 0 fully saturated rings. The van der Waals surface area contributed by atoms with Crippen LogP contribution >= 0.6 is 0 Å². The van der Waals surface area contributed by atoms with Crippen LogP contribution in [0.15, 0.2) is 28.9 Å². The fourth-order valence-corrected chi connectivity index (χ4v) is 2.43. The van der Waals surface area contributed by atoms with Crippen molar-refractivity contribution in [2.45, 2.75) is 32.1 Å². The van der Waals surface area contributed by atoms with Gasteiger partial charge in [0.1, 0.15) is 0 Å². The molecule has 0 bridgehead atoms. The first-order valence-electron chi connectivity index (χ1n) is 6.25. The van der Waals surface area contributed by atoms with Crippen LogP contribution < -0.4 is 0 Å². The molecule has 0 radical (unpaired) electrons. The average Bonchev–Trinajstić information content (AvgIpc) is 2.76. The molecule has 1 aliphatic carbocycles. The van der Waals surface area contributed by atoms with Gasteiger partial charge in [0.05, 0.1) is 0 Å². The Morgan fingerprint density at radius 3 is 2.79 bits per heavy atom. The third-order valence-corrected chi connectivity index (χ3v) is 3.49. The van der Waals surface area contributed by atoms with E-state index in [9.17, 15) is 9.70 Å². The Balaban J connectivity index is 2.49. The van der Waals surface area contributed by atoms with Gasteiger partial charge in [-0.3, -0.25) is 4.79 Å². The predicted octanol–water partition coefficient (Wildman–Crippen LogP) is 3.61. The van der Waals surface area contributed by atoms with Crippen molar-refractivity contribution in [2.75, 3.05) is 0 Å². The Morgan fingerprint density at radius 1 is 1.47 bits per heavy atom. The number of fused-ring (bicyclic) bond motifs is 1. The SMILES string of the molecule is C#CCC1C(C(=O)N=O)=Cc2cc(C(C)C)ccc21. The highest BCUT2D eigenvalue weighted by Crippen LogP contribution is 2.40. The topological polar surface area (TPSA) is 46.5 Å². The molecule has 1 aromatic carbocycles. The Hall–Kier alpha value is -2.21. The second-order valence-corrected chi connectivity index (χ2v) is 5.00. The molecule has 0 N–H and O–H groups in total. The van der Waals surface area contributed by atoms with E-state index < -0.39 is 5.91 Å². The molecule has 1 aliphatic rings. The zero-order valence-corrected chi connectivity index (χ0v) is 11.0. The van der Waals surface area contributed by atoms with Gasteiger partial charge in [-0.05, 0) is 28.7 Å². The molecule has 96 valence electrons. The summed E-state index contributed by atoms with van der Waals surface area (Å²) in [4.78, 5) is 22.0. The van der Waals surface area contributed by atoms with E-state index in [2.05, 4.69) is 31.0 Å². The summed E-state index contributed by atoms with van der Waals surface area (Å²) >= 11 is 0. The maximum atomic E-state index is 11.6. The fourth-order valence-electron chi connectivity index (χ4n) is 2.43. The molecule has 0 saturated heterocycles. The van der Waals surface area contributed by atoms with Gasteiger partial charge in [0, 0.05) is 23.1 Å². The van der Waals surface area contributed by atoms with Crippen LogP contribution in [0.2, 0.25) is 0 Å². The Kier molecular flexibility index (Phi) is 3.62. The Morgan fingerprint density at radius 2 is 2.21 bits per heavy atom. The van der Waals surface area contributed by atoms with Gasteiger partial charge in [-0.25, -0.2) is 0 Å². The first kappa shape index (κ1) is 13.2. The summed E-state index contributed by atoms with van der Waals surface area (Å²) in [5.74, 6) is 2.05. The highest BCUT2D eigenvalue weighted by atomic mass is 16.3. The fraction of sp³-hybridized carbons (Fsp3) is 0.312. The molecule has 0 aromatic heterocycles. The maximum absolute atomic E-state index is 11.6. The second kappa shape index (κ2) is 5.19. The lowest BCUT2D eigenvalue weighted by molar-refractivity contribution is -0.114. The van der Waals surface area contributed by atoms with Crippen molar-refractivity contribution in [2.24, 2.45) is 5.18 Å². The largest absolute Gasteiger partial charge is 0.313 e. The van der Waals surface area contributed by atoms with Crippen molar-refractivity contribution in [1.82, 2.24) is 0 Å². The van der Waals surface area contributed by atoms with Crippen molar-refractivity contribution >= 4 is 12.0 Å². The normalized spacial score (nSPS) is 16.7. The lowest BCUT2D eigenvalue weighted by atomic mass is 9.90. The third-order valence-electron chi connectivity index (χ3n) is 3.49. The van der Waals surface area contributed by atoms with Gasteiger partial charge in [0.2, 0.25) is 0 Å². The highest BCUT2D eigenvalue weighted by Gasteiger charge is 2.29. The van der Waals surface area contributed by atoms with Gasteiger partial charge in [-0.1, -0.05) is 32.0 Å². The first-order valence-corrected chi connectivity index (χ1v) is 6.25. The summed E-state index contributed by atoms with van der Waals surface area (Å²) in [7, 11) is 0. The van der Waals surface area contributed by atoms with Gasteiger partial charge in [0.15, 0.2) is 0 Å². The number of carbonyl (C=O) groups is 1. The molecule has 1 aromatic rings. The van der Waals surface area contributed by atoms with Crippen LogP contribution in [0.1, 0.15) is 48.8 Å². The first-order chi connectivity index (χ1) is 9.08. The third kappa shape index (κ3) is 2.34. The van der Waals surface area contributed by atoms with E-state index in [4.69, 9.17) is 6.42 Å². The van der Waals surface area contributed by atoms with Gasteiger partial charge in [-0.15, -0.1) is 17.3 Å². The molecule has 3 nitrogen and oxygen atoms in total. The molecule has 1 amide bonds. The minimum Gasteiger partial charge on any atom is -0.264 e. The summed E-state index contributed by atoms with van der Waals surface area (Å²) in [6.45, 7) is 4.22. The lowest BCUT2D eigenvalue weighted by Crippen LogP contribution is -2.05. The molecule has 0 spiro atoms. The summed E-state index contributed by atoms with van der Waals surface area (Å²) in [6, 6.07) is 6.09. The number of nitroso groups, excluding NO2 is 1. The standard InChI is InChI=1S/C16H15NO2/c1-4-5-14-13-7-6-11(10(2)3)8-12(13)9-15(14)16(18)17-19/h1,6-10,14H,5H2,2-3H3. The summed E-state index contributed by atoms with van der Waals surface area (Å²) in [5.41, 5.74) is 3.58. The lowest BCUT2D eigenvalue weighted by Gasteiger charge is -2.12. The van der Waals surface area contributed by atoms with Crippen molar-refractivity contribution in [1.29, 1.82) is 0 Å². The zero-order chi connectivity index (χ0) is 14.0. The number of nitrogens with zero attached hydrogens (tertiary/aromatic N) is 1. The minimum absolute atomic E-state index is 0.202. The molecule has 0 aliphatic heterocycles. The number of terminal acetylenes is 1. The van der Waals surface area contributed by atoms with Crippen molar-refractivity contribution < 1.29 is 4.79 Å². The summed E-state index contributed by atoms with van der Waals surface area (Å²) < 4.78 is 0. The van der Waals surface area contributed by atoms with Crippen molar-refractivity contribution in [3.63, 3.8) is 0 Å². The number of hydrogen-bond acceptors (Lipinski definition) is 2. The number of rotatable bonds is 3. The quantitative estimate of drug-likeness (QED) is 0.610. The summed E-state index contributed by atoms with van der Waals surface area (Å²) in [5, 5.41) is 2.52. The highest BCUT2D eigenvalue weighted by molar-refractivity contribution is 6.02. The van der Waals surface area contributed by atoms with E-state index in [0.29, 0.717) is 17.9 Å². The van der Waals surface area contributed by atoms with E-state index in [1.54, 1.807) is 6.08 Å². The maximum Gasteiger partial charge on any atom is 0.313 e. The van der Waals surface area contributed by atoms with Gasteiger partial charge < -0.3 is 0 Å². The number of benzene rings is 1. The Bertz CT molecular complexity index is 606. The van der Waals surface area contributed by atoms with E-state index in [-0.39, 0.29) is 5.92 Å². The number of carbonyl (C=O) groups excluding carboxylic acids is 1. The van der Waals surface area contributed by atoms with Crippen LogP contribution in [0.5, 0.6) is 0 Å². The molecular weight excluding hydrogens is 238 g/mol. The second-order valence-electron chi connectivity index (χ2n) is 5.00. The van der Waals surface area contributed by atoms with Crippen molar-refractivity contribution in [3.8, 4) is 12.3 Å². The Labute approximate surface area is 112 Å². The molecule has 0 saturated carbocycles. The van der Waals surface area contributed by atoms with E-state index in [0.717, 1.165) is 11.1 Å². The zero-order valence-electron chi connectivity index (χ0n) is 11.0. The van der Waals surface area contributed by atoms with Crippen molar-refractivity contribution in [3.05, 3.63) is 45.4 Å². The molecule has 3 heteroatoms. The van der Waals surface area contributed by atoms with E-state index in [1.807, 2.05) is 12.1 Å². The van der Waals surface area contributed by atoms with Crippen LogP contribution in [0.4, 0.5) is 0 Å². The van der Waals surface area contributed by atoms with E-state index in [1.165, 1.54) is 5.56 Å². The van der Waals surface area contributed by atoms with Crippen LogP contribution in [0, 0.1) is 17.3 Å². The molecule has 1 unspecified atom stereocenters. The molecule has 1 atom stereocenters. The molecule has 19 heavy (non-hydrogen) atoms. The van der Waals surface area contributed by atoms with Gasteiger partial charge in [-0.2, -0.15) is 0 Å². The van der Waals surface area contributed by atoms with Crippen LogP contribution in [0.3, 0.4) is 0 Å². The summed E-state index contributed by atoms with van der Waals surface area (Å²) in [6.07, 6.45) is 7.50. The smallest absolute Gasteiger partial charge is 0.264 e. The predicted molar refractivity (Wildman–Crippen MR) is 75.5 cm³/mol. The monoisotopic (exact) mass is 253 g/mol. The van der Waals surface area contributed by atoms with Gasteiger partial charge in [0.25, 0.3) is 0 Å².